The number of anilines is 1. The van der Waals surface area contributed by atoms with Gasteiger partial charge in [0.2, 0.25) is 10.0 Å². The van der Waals surface area contributed by atoms with Crippen molar-refractivity contribution >= 4 is 33.3 Å². The van der Waals surface area contributed by atoms with Gasteiger partial charge >= 0.3 is 5.97 Å². The summed E-state index contributed by atoms with van der Waals surface area (Å²) in [7, 11) is -2.32. The van der Waals surface area contributed by atoms with Crippen LogP contribution >= 0.6 is 11.6 Å². The third-order valence-corrected chi connectivity index (χ3v) is 6.61. The number of carbonyl (C=O) groups is 1. The number of ether oxygens (including phenoxy) is 2. The summed E-state index contributed by atoms with van der Waals surface area (Å²) in [5, 5.41) is 0.655. The van der Waals surface area contributed by atoms with E-state index in [9.17, 15) is 13.2 Å². The van der Waals surface area contributed by atoms with E-state index >= 15 is 0 Å². The number of carbonyl (C=O) groups excluding carboxylic acids is 1. The summed E-state index contributed by atoms with van der Waals surface area (Å²) in [4.78, 5) is 13.4. The van der Waals surface area contributed by atoms with E-state index in [1.54, 1.807) is 0 Å². The lowest BCUT2D eigenvalue weighted by atomic mass is 10.2. The SMILES string of the molecule is COC(=O)COc1ccc(S(=O)(=O)N2CCN(c3cccc(Cl)c3)CC2)cc1. The van der Waals surface area contributed by atoms with Gasteiger partial charge in [-0.3, -0.25) is 0 Å². The molecule has 1 saturated heterocycles. The van der Waals surface area contributed by atoms with Crippen LogP contribution in [0, 0.1) is 0 Å². The topological polar surface area (TPSA) is 76.1 Å². The largest absolute Gasteiger partial charge is 0.482 e. The molecule has 1 aliphatic rings. The number of hydrogen-bond donors (Lipinski definition) is 0. The second-order valence-electron chi connectivity index (χ2n) is 6.21. The molecule has 0 amide bonds. The Bertz CT molecular complexity index is 926. The van der Waals surface area contributed by atoms with E-state index in [1.807, 2.05) is 24.3 Å². The van der Waals surface area contributed by atoms with Gasteiger partial charge in [-0.25, -0.2) is 13.2 Å². The van der Waals surface area contributed by atoms with Gasteiger partial charge in [-0.2, -0.15) is 4.31 Å². The average Bonchev–Trinajstić information content (AvgIpc) is 2.72. The number of sulfonamides is 1. The predicted molar refractivity (Wildman–Crippen MR) is 106 cm³/mol. The molecule has 0 spiro atoms. The van der Waals surface area contributed by atoms with E-state index in [-0.39, 0.29) is 11.5 Å². The van der Waals surface area contributed by atoms with Crippen molar-refractivity contribution < 1.29 is 22.7 Å². The Labute approximate surface area is 169 Å². The molecule has 28 heavy (non-hydrogen) atoms. The molecule has 0 saturated carbocycles. The minimum absolute atomic E-state index is 0.189. The molecule has 0 radical (unpaired) electrons. The molecular weight excluding hydrogens is 404 g/mol. The first-order valence-electron chi connectivity index (χ1n) is 8.70. The van der Waals surface area contributed by atoms with E-state index < -0.39 is 16.0 Å². The Kier molecular flexibility index (Phi) is 6.43. The molecule has 2 aromatic carbocycles. The van der Waals surface area contributed by atoms with Gasteiger partial charge in [0.25, 0.3) is 0 Å². The van der Waals surface area contributed by atoms with Crippen molar-refractivity contribution in [2.45, 2.75) is 4.90 Å². The van der Waals surface area contributed by atoms with Gasteiger partial charge in [0, 0.05) is 36.9 Å². The number of esters is 1. The fourth-order valence-corrected chi connectivity index (χ4v) is 4.52. The number of hydrogen-bond acceptors (Lipinski definition) is 6. The van der Waals surface area contributed by atoms with Crippen molar-refractivity contribution in [3.05, 3.63) is 53.6 Å². The van der Waals surface area contributed by atoms with Crippen LogP contribution in [-0.2, 0) is 19.6 Å². The lowest BCUT2D eigenvalue weighted by Crippen LogP contribution is -2.48. The van der Waals surface area contributed by atoms with Gasteiger partial charge in [-0.1, -0.05) is 17.7 Å². The Balaban J connectivity index is 1.63. The minimum Gasteiger partial charge on any atom is -0.482 e. The third kappa shape index (κ3) is 4.76. The zero-order valence-corrected chi connectivity index (χ0v) is 16.9. The summed E-state index contributed by atoms with van der Waals surface area (Å²) in [5.41, 5.74) is 0.983. The maximum Gasteiger partial charge on any atom is 0.343 e. The second kappa shape index (κ2) is 8.81. The molecular formula is C19H21ClN2O5S. The van der Waals surface area contributed by atoms with Gasteiger partial charge in [0.05, 0.1) is 12.0 Å². The van der Waals surface area contributed by atoms with Crippen molar-refractivity contribution in [1.29, 1.82) is 0 Å². The predicted octanol–water partition coefficient (Wildman–Crippen LogP) is 2.40. The van der Waals surface area contributed by atoms with Crippen LogP contribution in [0.4, 0.5) is 5.69 Å². The number of benzene rings is 2. The summed E-state index contributed by atoms with van der Waals surface area (Å²) in [6.45, 7) is 1.71. The average molecular weight is 425 g/mol. The van der Waals surface area contributed by atoms with Gasteiger partial charge in [0.15, 0.2) is 6.61 Å². The quantitative estimate of drug-likeness (QED) is 0.663. The molecule has 9 heteroatoms. The van der Waals surface area contributed by atoms with Gasteiger partial charge in [0.1, 0.15) is 5.75 Å². The van der Waals surface area contributed by atoms with Crippen molar-refractivity contribution in [2.24, 2.45) is 0 Å². The van der Waals surface area contributed by atoms with E-state index in [0.717, 1.165) is 5.69 Å². The Hall–Kier alpha value is -2.29. The van der Waals surface area contributed by atoms with Crippen LogP contribution in [0.25, 0.3) is 0 Å². The fraction of sp³-hybridized carbons (Fsp3) is 0.316. The highest BCUT2D eigenvalue weighted by molar-refractivity contribution is 7.89. The summed E-state index contributed by atoms with van der Waals surface area (Å²) >= 11 is 6.04. The highest BCUT2D eigenvalue weighted by Gasteiger charge is 2.28. The van der Waals surface area contributed by atoms with Crippen LogP contribution in [-0.4, -0.2) is 58.6 Å². The molecule has 0 atom stereocenters. The standard InChI is InChI=1S/C19H21ClN2O5S/c1-26-19(23)14-27-17-5-7-18(8-6-17)28(24,25)22-11-9-21(10-12-22)16-4-2-3-15(20)13-16/h2-8,13H,9-12,14H2,1H3. The molecule has 1 fully saturated rings. The third-order valence-electron chi connectivity index (χ3n) is 4.46. The number of rotatable bonds is 6. The number of methoxy groups -OCH3 is 1. The Morgan fingerprint density at radius 1 is 1.07 bits per heavy atom. The lowest BCUT2D eigenvalue weighted by Gasteiger charge is -2.35. The van der Waals surface area contributed by atoms with Crippen LogP contribution in [0.2, 0.25) is 5.02 Å². The van der Waals surface area contributed by atoms with Crippen LogP contribution in [0.15, 0.2) is 53.4 Å². The first-order chi connectivity index (χ1) is 13.4. The Morgan fingerprint density at radius 2 is 1.75 bits per heavy atom. The van der Waals surface area contributed by atoms with Crippen molar-refractivity contribution in [3.8, 4) is 5.75 Å². The molecule has 3 rings (SSSR count). The molecule has 7 nitrogen and oxygen atoms in total. The summed E-state index contributed by atoms with van der Waals surface area (Å²) in [6.07, 6.45) is 0. The molecule has 1 heterocycles. The van der Waals surface area contributed by atoms with Crippen molar-refractivity contribution in [2.75, 3.05) is 44.8 Å². The van der Waals surface area contributed by atoms with Crippen LogP contribution in [0.1, 0.15) is 0 Å². The van der Waals surface area contributed by atoms with E-state index in [0.29, 0.717) is 37.0 Å². The molecule has 1 aliphatic heterocycles. The molecule has 0 unspecified atom stereocenters. The normalized spacial score (nSPS) is 15.3. The van der Waals surface area contributed by atoms with Gasteiger partial charge in [-0.05, 0) is 42.5 Å². The van der Waals surface area contributed by atoms with E-state index in [2.05, 4.69) is 9.64 Å². The molecule has 0 aliphatic carbocycles. The van der Waals surface area contributed by atoms with Crippen molar-refractivity contribution in [1.82, 2.24) is 4.31 Å². The lowest BCUT2D eigenvalue weighted by molar-refractivity contribution is -0.142. The van der Waals surface area contributed by atoms with E-state index in [4.69, 9.17) is 16.3 Å². The summed E-state index contributed by atoms with van der Waals surface area (Å²) < 4.78 is 37.0. The maximum absolute atomic E-state index is 12.9. The minimum atomic E-state index is -3.60. The second-order valence-corrected chi connectivity index (χ2v) is 8.58. The number of nitrogens with zero attached hydrogens (tertiary/aromatic N) is 2. The first-order valence-corrected chi connectivity index (χ1v) is 10.5. The van der Waals surface area contributed by atoms with E-state index in [1.165, 1.54) is 35.7 Å². The van der Waals surface area contributed by atoms with Crippen LogP contribution in [0.3, 0.4) is 0 Å². The van der Waals surface area contributed by atoms with Gasteiger partial charge < -0.3 is 14.4 Å². The maximum atomic E-state index is 12.9. The highest BCUT2D eigenvalue weighted by atomic mass is 35.5. The Morgan fingerprint density at radius 3 is 2.36 bits per heavy atom. The smallest absolute Gasteiger partial charge is 0.343 e. The first kappa shape index (κ1) is 20.4. The van der Waals surface area contributed by atoms with Gasteiger partial charge in [-0.15, -0.1) is 0 Å². The van der Waals surface area contributed by atoms with Crippen LogP contribution < -0.4 is 9.64 Å². The zero-order valence-electron chi connectivity index (χ0n) is 15.4. The molecule has 0 N–H and O–H groups in total. The monoisotopic (exact) mass is 424 g/mol. The number of piperazine rings is 1. The highest BCUT2D eigenvalue weighted by Crippen LogP contribution is 2.24. The molecule has 2 aromatic rings. The molecule has 0 aromatic heterocycles. The number of halogens is 1. The van der Waals surface area contributed by atoms with Crippen LogP contribution in [0.5, 0.6) is 5.75 Å². The zero-order chi connectivity index (χ0) is 20.1. The molecule has 150 valence electrons. The fourth-order valence-electron chi connectivity index (χ4n) is 2.92. The molecule has 0 bridgehead atoms. The summed E-state index contributed by atoms with van der Waals surface area (Å²) in [5.74, 6) is -0.107. The summed E-state index contributed by atoms with van der Waals surface area (Å²) in [6, 6.07) is 13.5. The van der Waals surface area contributed by atoms with Crippen molar-refractivity contribution in [3.63, 3.8) is 0 Å².